The average Bonchev–Trinajstić information content (AvgIpc) is 3.57. The molecule has 2 heterocycles. The first-order chi connectivity index (χ1) is 24.3. The molecule has 0 radical (unpaired) electrons. The number of allylic oxidation sites excluding steroid dienone is 9. The lowest BCUT2D eigenvalue weighted by molar-refractivity contribution is 0.545. The van der Waals surface area contributed by atoms with Crippen LogP contribution in [0.25, 0.3) is 55.8 Å². The Morgan fingerprint density at radius 1 is 0.490 bits per heavy atom. The maximum Gasteiger partial charge on any atom is 0.164 e. The largest absolute Gasteiger partial charge is 0.460 e. The fourth-order valence-corrected chi connectivity index (χ4v) is 7.26. The van der Waals surface area contributed by atoms with Gasteiger partial charge in [0.15, 0.2) is 17.5 Å². The maximum atomic E-state index is 6.48. The second kappa shape index (κ2) is 12.6. The van der Waals surface area contributed by atoms with Gasteiger partial charge < -0.3 is 4.42 Å². The molecule has 0 fully saturated rings. The molecule has 0 spiro atoms. The van der Waals surface area contributed by atoms with E-state index in [1.165, 1.54) is 22.3 Å². The Kier molecular flexibility index (Phi) is 7.55. The number of rotatable bonds is 6. The van der Waals surface area contributed by atoms with Gasteiger partial charge in [0.05, 0.1) is 0 Å². The van der Waals surface area contributed by atoms with Crippen molar-refractivity contribution in [2.75, 3.05) is 0 Å². The number of benzene rings is 4. The highest BCUT2D eigenvalue weighted by Gasteiger charge is 2.26. The Morgan fingerprint density at radius 3 is 1.86 bits per heavy atom. The first-order valence-corrected chi connectivity index (χ1v) is 17.3. The van der Waals surface area contributed by atoms with Crippen LogP contribution in [0.15, 0.2) is 155 Å². The minimum absolute atomic E-state index is 0.682. The van der Waals surface area contributed by atoms with E-state index in [1.54, 1.807) is 0 Å². The molecule has 2 aromatic heterocycles. The molecule has 0 aliphatic heterocycles. The van der Waals surface area contributed by atoms with Crippen molar-refractivity contribution in [3.8, 4) is 33.6 Å². The topological polar surface area (TPSA) is 51.8 Å². The minimum atomic E-state index is 0.682. The molecule has 3 aliphatic rings. The molecule has 0 saturated heterocycles. The zero-order valence-corrected chi connectivity index (χ0v) is 27.3. The van der Waals surface area contributed by atoms with E-state index in [-0.39, 0.29) is 0 Å². The average molecular weight is 634 g/mol. The van der Waals surface area contributed by atoms with Crippen molar-refractivity contribution in [2.45, 2.75) is 38.5 Å². The molecular weight excluding hydrogens is 599 g/mol. The van der Waals surface area contributed by atoms with Crippen LogP contribution in [0.3, 0.4) is 0 Å². The van der Waals surface area contributed by atoms with Crippen molar-refractivity contribution in [1.82, 2.24) is 15.0 Å². The van der Waals surface area contributed by atoms with Gasteiger partial charge in [-0.05, 0) is 83.2 Å². The van der Waals surface area contributed by atoms with Crippen LogP contribution < -0.4 is 0 Å². The molecule has 236 valence electrons. The van der Waals surface area contributed by atoms with Crippen LogP contribution in [0.4, 0.5) is 0 Å². The summed E-state index contributed by atoms with van der Waals surface area (Å²) >= 11 is 0. The van der Waals surface area contributed by atoms with Gasteiger partial charge in [-0.1, -0.05) is 127 Å². The van der Waals surface area contributed by atoms with Crippen molar-refractivity contribution < 1.29 is 4.42 Å². The predicted octanol–water partition coefficient (Wildman–Crippen LogP) is 11.4. The summed E-state index contributed by atoms with van der Waals surface area (Å²) in [7, 11) is 0. The third-order valence-corrected chi connectivity index (χ3v) is 9.85. The summed E-state index contributed by atoms with van der Waals surface area (Å²) in [5.74, 6) is 3.11. The molecule has 0 unspecified atom stereocenters. The van der Waals surface area contributed by atoms with Crippen LogP contribution in [0.2, 0.25) is 0 Å². The van der Waals surface area contributed by atoms with Gasteiger partial charge in [0.1, 0.15) is 11.3 Å². The summed E-state index contributed by atoms with van der Waals surface area (Å²) in [6, 6.07) is 36.0. The number of aromatic nitrogens is 3. The Bertz CT molecular complexity index is 2350. The van der Waals surface area contributed by atoms with Gasteiger partial charge >= 0.3 is 0 Å². The normalized spacial score (nSPS) is 15.7. The van der Waals surface area contributed by atoms with Crippen LogP contribution in [0, 0.1) is 0 Å². The van der Waals surface area contributed by atoms with E-state index in [2.05, 4.69) is 134 Å². The molecule has 0 saturated carbocycles. The molecule has 0 atom stereocenters. The highest BCUT2D eigenvalue weighted by molar-refractivity contribution is 5.98. The van der Waals surface area contributed by atoms with Crippen LogP contribution in [-0.4, -0.2) is 15.0 Å². The lowest BCUT2D eigenvalue weighted by Crippen LogP contribution is -2.09. The quantitative estimate of drug-likeness (QED) is 0.183. The zero-order valence-electron chi connectivity index (χ0n) is 27.3. The summed E-state index contributed by atoms with van der Waals surface area (Å²) < 4.78 is 6.48. The van der Waals surface area contributed by atoms with E-state index < -0.39 is 0 Å². The number of aryl methyl sites for hydroxylation is 1. The smallest absolute Gasteiger partial charge is 0.164 e. The van der Waals surface area contributed by atoms with Gasteiger partial charge in [0.2, 0.25) is 0 Å². The van der Waals surface area contributed by atoms with E-state index in [9.17, 15) is 0 Å². The SMILES string of the molecule is C1=CCCC(C2=CC=C(c3nc(C4=CCCc5oc6ccc(-c7ccccc7)cc6c54)nc(-c4ccc(-c5ccccc5)cc4)n3)CC2)=C1. The molecule has 4 heteroatoms. The summed E-state index contributed by atoms with van der Waals surface area (Å²) in [4.78, 5) is 15.5. The van der Waals surface area contributed by atoms with Crippen molar-refractivity contribution >= 4 is 22.1 Å². The Morgan fingerprint density at radius 2 is 1.12 bits per heavy atom. The minimum Gasteiger partial charge on any atom is -0.460 e. The van der Waals surface area contributed by atoms with Gasteiger partial charge in [0, 0.05) is 28.5 Å². The number of fused-ring (bicyclic) bond motifs is 3. The number of furan rings is 1. The van der Waals surface area contributed by atoms with Crippen LogP contribution in [0.5, 0.6) is 0 Å². The molecule has 9 rings (SSSR count). The number of nitrogens with zero attached hydrogens (tertiary/aromatic N) is 3. The third kappa shape index (κ3) is 5.70. The molecule has 0 bridgehead atoms. The van der Waals surface area contributed by atoms with Gasteiger partial charge in [-0.2, -0.15) is 0 Å². The Hall–Kier alpha value is -5.87. The van der Waals surface area contributed by atoms with Gasteiger partial charge in [-0.25, -0.2) is 15.0 Å². The van der Waals surface area contributed by atoms with Crippen LogP contribution in [-0.2, 0) is 6.42 Å². The summed E-state index contributed by atoms with van der Waals surface area (Å²) in [6.07, 6.45) is 19.3. The lowest BCUT2D eigenvalue weighted by atomic mass is 9.89. The highest BCUT2D eigenvalue weighted by Crippen LogP contribution is 2.41. The van der Waals surface area contributed by atoms with Crippen molar-refractivity contribution in [3.05, 3.63) is 174 Å². The molecule has 49 heavy (non-hydrogen) atoms. The van der Waals surface area contributed by atoms with E-state index in [0.29, 0.717) is 11.6 Å². The first kappa shape index (κ1) is 29.3. The summed E-state index contributed by atoms with van der Waals surface area (Å²) in [5.41, 5.74) is 12.7. The van der Waals surface area contributed by atoms with Crippen molar-refractivity contribution in [3.63, 3.8) is 0 Å². The third-order valence-electron chi connectivity index (χ3n) is 9.85. The molecule has 4 nitrogen and oxygen atoms in total. The standard InChI is InChI=1S/C45H35N3O/c1-4-11-30(12-5-1)33-19-23-35(24-20-33)43-46-44(36-25-21-34(22-26-36)31-13-6-2-7-14-31)48-45(47-43)38-17-10-18-41-42(38)39-29-37(27-28-40(39)49-41)32-15-8-3-9-16-32/h1-6,8-9,11-13,15-17,19-21,23-25,27-29H,7,10,14,18,22,26H2. The van der Waals surface area contributed by atoms with E-state index in [4.69, 9.17) is 19.4 Å². The van der Waals surface area contributed by atoms with Gasteiger partial charge in [-0.3, -0.25) is 0 Å². The maximum absolute atomic E-state index is 6.48. The second-order valence-electron chi connectivity index (χ2n) is 12.9. The molecular formula is C45H35N3O. The summed E-state index contributed by atoms with van der Waals surface area (Å²) in [5, 5.41) is 1.09. The van der Waals surface area contributed by atoms with Crippen molar-refractivity contribution in [1.29, 1.82) is 0 Å². The van der Waals surface area contributed by atoms with Crippen LogP contribution >= 0.6 is 0 Å². The summed E-state index contributed by atoms with van der Waals surface area (Å²) in [6.45, 7) is 0. The van der Waals surface area contributed by atoms with Gasteiger partial charge in [0.25, 0.3) is 0 Å². The number of hydrogen-bond donors (Lipinski definition) is 0. The molecule has 0 amide bonds. The fraction of sp³-hybridized carbons (Fsp3) is 0.133. The Balaban J connectivity index is 1.16. The lowest BCUT2D eigenvalue weighted by Gasteiger charge is -2.19. The fourth-order valence-electron chi connectivity index (χ4n) is 7.26. The number of hydrogen-bond acceptors (Lipinski definition) is 4. The molecule has 4 aromatic carbocycles. The van der Waals surface area contributed by atoms with Crippen LogP contribution in [0.1, 0.15) is 55.1 Å². The molecule has 0 N–H and O–H groups in total. The molecule has 6 aromatic rings. The highest BCUT2D eigenvalue weighted by atomic mass is 16.3. The van der Waals surface area contributed by atoms with Gasteiger partial charge in [-0.15, -0.1) is 0 Å². The Labute approximate surface area is 286 Å². The first-order valence-electron chi connectivity index (χ1n) is 17.3. The van der Waals surface area contributed by atoms with Crippen molar-refractivity contribution in [2.24, 2.45) is 0 Å². The second-order valence-corrected chi connectivity index (χ2v) is 12.9. The van der Waals surface area contributed by atoms with E-state index in [1.807, 2.05) is 6.07 Å². The van der Waals surface area contributed by atoms with E-state index >= 15 is 0 Å². The zero-order chi connectivity index (χ0) is 32.6. The predicted molar refractivity (Wildman–Crippen MR) is 199 cm³/mol. The van der Waals surface area contributed by atoms with E-state index in [0.717, 1.165) is 94.5 Å². The molecule has 3 aliphatic carbocycles. The monoisotopic (exact) mass is 633 g/mol.